The third-order valence-electron chi connectivity index (χ3n) is 12.0. The summed E-state index contributed by atoms with van der Waals surface area (Å²) in [6.45, 7) is 7.37. The Morgan fingerprint density at radius 3 is 2.48 bits per heavy atom. The van der Waals surface area contributed by atoms with Crippen molar-refractivity contribution < 1.29 is 41.8 Å². The summed E-state index contributed by atoms with van der Waals surface area (Å²) in [6.07, 6.45) is 7.38. The zero-order valence-electron chi connectivity index (χ0n) is 33.0. The molecule has 4 aliphatic carbocycles. The van der Waals surface area contributed by atoms with Crippen molar-refractivity contribution >= 4 is 56.1 Å². The number of pyridine rings is 1. The highest BCUT2D eigenvalue weighted by molar-refractivity contribution is 7.91. The minimum Gasteiger partial charge on any atom is -0.497 e. The number of thiazole rings is 1. The minimum atomic E-state index is -3.91. The average Bonchev–Trinajstić information content (AvgIpc) is 3.87. The first-order valence-corrected chi connectivity index (χ1v) is 22.6. The maximum absolute atomic E-state index is 14.6. The van der Waals surface area contributed by atoms with Crippen molar-refractivity contribution in [1.29, 1.82) is 0 Å². The summed E-state index contributed by atoms with van der Waals surface area (Å²) in [5.41, 5.74) is 0.766. The second-order valence-electron chi connectivity index (χ2n) is 16.5. The summed E-state index contributed by atoms with van der Waals surface area (Å²) in [5, 5.41) is 6.41. The molecule has 1 saturated heterocycles. The molecule has 310 valence electrons. The van der Waals surface area contributed by atoms with E-state index in [9.17, 15) is 27.6 Å². The lowest BCUT2D eigenvalue weighted by atomic mass is 10.0. The number of ether oxygens (including phenoxy) is 3. The number of fused-ring (bicyclic) bond motifs is 2. The van der Waals surface area contributed by atoms with Gasteiger partial charge in [0.15, 0.2) is 0 Å². The van der Waals surface area contributed by atoms with E-state index in [1.807, 2.05) is 18.2 Å². The highest BCUT2D eigenvalue weighted by Crippen LogP contribution is 2.46. The number of aryl methyl sites for hydroxylation is 2. The number of alkyl carbamates (subject to hydrolysis) is 1. The lowest BCUT2D eigenvalue weighted by molar-refractivity contribution is -0.141. The van der Waals surface area contributed by atoms with Gasteiger partial charge in [0.2, 0.25) is 21.8 Å². The van der Waals surface area contributed by atoms with Crippen LogP contribution in [0.25, 0.3) is 21.6 Å². The van der Waals surface area contributed by atoms with Crippen LogP contribution in [0.2, 0.25) is 0 Å². The molecule has 8 rings (SSSR count). The number of hydrogen-bond donors (Lipinski definition) is 3. The molecule has 0 bridgehead atoms. The quantitative estimate of drug-likeness (QED) is 0.193. The second kappa shape index (κ2) is 15.8. The van der Waals surface area contributed by atoms with E-state index < -0.39 is 68.7 Å². The summed E-state index contributed by atoms with van der Waals surface area (Å²) in [5.74, 6) is -1.82. The van der Waals surface area contributed by atoms with Gasteiger partial charge in [0.05, 0.1) is 30.1 Å². The molecule has 5 atom stereocenters. The van der Waals surface area contributed by atoms with Crippen LogP contribution in [0.1, 0.15) is 82.2 Å². The zero-order chi connectivity index (χ0) is 40.9. The first-order valence-electron chi connectivity index (χ1n) is 20.2. The predicted molar refractivity (Wildman–Crippen MR) is 216 cm³/mol. The molecule has 0 radical (unpaired) electrons. The van der Waals surface area contributed by atoms with Gasteiger partial charge in [-0.3, -0.25) is 19.1 Å². The Kier molecular flexibility index (Phi) is 10.9. The number of benzene rings is 1. The number of nitrogens with one attached hydrogen (secondary N) is 3. The second-order valence-corrected chi connectivity index (χ2v) is 19.5. The van der Waals surface area contributed by atoms with Crippen LogP contribution < -0.4 is 24.8 Å². The predicted octanol–water partition coefficient (Wildman–Crippen LogP) is 4.57. The van der Waals surface area contributed by atoms with Crippen molar-refractivity contribution in [1.82, 2.24) is 30.2 Å². The van der Waals surface area contributed by atoms with E-state index in [1.165, 1.54) is 15.9 Å². The number of likely N-dealkylation sites (tertiary alicyclic amines) is 1. The standard InChI is InChI=1S/C41H50N6O9S2/c1-5-23-20-41(23,39(50)46-58(52,53)27-14-15-27)45-36(48)32-18-26(21-47(32)38(49)35(22(2)3)44-40(51)56-24-9-6-7-10-24)55-33-19-31(37-43-29-11-8-12-34(29)57-37)42-30-17-25(54-4)13-16-28(30)33/h5,13,16-17,19,22-24,26-27,32,35H,1,6-12,14-15,18,20-21H2,2-4H3,(H,44,51)(H,45,48)(H,46,50)/t23-,26-,32+,35+,41-/m1/s1. The highest BCUT2D eigenvalue weighted by Gasteiger charge is 2.62. The molecule has 0 unspecified atom stereocenters. The van der Waals surface area contributed by atoms with Gasteiger partial charge in [-0.15, -0.1) is 17.9 Å². The van der Waals surface area contributed by atoms with Crippen LogP contribution in [0.4, 0.5) is 4.79 Å². The SMILES string of the molecule is C=C[C@@H]1C[C@]1(NC(=O)[C@@H]1C[C@@H](Oc2cc(-c3nc4c(s3)CCC4)nc3cc(OC)ccc23)CN1C(=O)[C@@H](NC(=O)OC1CCCC1)C(C)C)C(=O)NS(=O)(=O)C1CC1. The number of carbonyl (C=O) groups excluding carboxylic acids is 4. The number of aromatic nitrogens is 2. The lowest BCUT2D eigenvalue weighted by Gasteiger charge is -2.31. The van der Waals surface area contributed by atoms with Crippen molar-refractivity contribution in [2.75, 3.05) is 13.7 Å². The van der Waals surface area contributed by atoms with E-state index in [1.54, 1.807) is 38.4 Å². The Morgan fingerprint density at radius 2 is 1.81 bits per heavy atom. The van der Waals surface area contributed by atoms with Gasteiger partial charge in [-0.1, -0.05) is 19.9 Å². The van der Waals surface area contributed by atoms with E-state index in [0.717, 1.165) is 55.6 Å². The maximum atomic E-state index is 14.6. The molecule has 3 saturated carbocycles. The highest BCUT2D eigenvalue weighted by atomic mass is 32.2. The summed E-state index contributed by atoms with van der Waals surface area (Å²) in [7, 11) is -2.33. The molecule has 4 fully saturated rings. The van der Waals surface area contributed by atoms with Gasteiger partial charge in [0, 0.05) is 34.7 Å². The third-order valence-corrected chi connectivity index (χ3v) is 15.0. The third kappa shape index (κ3) is 7.98. The van der Waals surface area contributed by atoms with Crippen molar-refractivity contribution in [3.05, 3.63) is 47.5 Å². The molecular formula is C41H50N6O9S2. The number of carbonyl (C=O) groups is 4. The maximum Gasteiger partial charge on any atom is 0.408 e. The molecule has 1 aliphatic heterocycles. The fraction of sp³-hybridized carbons (Fsp3) is 0.561. The van der Waals surface area contributed by atoms with Gasteiger partial charge in [0.1, 0.15) is 52.0 Å². The van der Waals surface area contributed by atoms with Crippen molar-refractivity contribution in [2.24, 2.45) is 11.8 Å². The smallest absolute Gasteiger partial charge is 0.408 e. The van der Waals surface area contributed by atoms with Crippen LogP contribution in [0.15, 0.2) is 36.9 Å². The summed E-state index contributed by atoms with van der Waals surface area (Å²) >= 11 is 1.61. The van der Waals surface area contributed by atoms with Gasteiger partial charge in [0.25, 0.3) is 5.91 Å². The van der Waals surface area contributed by atoms with Crippen molar-refractivity contribution in [3.63, 3.8) is 0 Å². The topological polar surface area (TPSA) is 195 Å². The lowest BCUT2D eigenvalue weighted by Crippen LogP contribution is -2.59. The first-order chi connectivity index (χ1) is 27.8. The monoisotopic (exact) mass is 834 g/mol. The van der Waals surface area contributed by atoms with Gasteiger partial charge in [-0.25, -0.2) is 23.2 Å². The van der Waals surface area contributed by atoms with Crippen LogP contribution in [-0.2, 0) is 42.0 Å². The molecule has 0 spiro atoms. The Morgan fingerprint density at radius 1 is 1.03 bits per heavy atom. The fourth-order valence-electron chi connectivity index (χ4n) is 8.39. The number of sulfonamides is 1. The van der Waals surface area contributed by atoms with Crippen LogP contribution in [-0.4, -0.2) is 95.8 Å². The number of amides is 4. The fourth-order valence-corrected chi connectivity index (χ4v) is 10.9. The number of rotatable bonds is 14. The molecule has 4 amide bonds. The van der Waals surface area contributed by atoms with E-state index in [-0.39, 0.29) is 31.4 Å². The number of hydrogen-bond acceptors (Lipinski definition) is 12. The summed E-state index contributed by atoms with van der Waals surface area (Å²) in [4.78, 5) is 68.2. The molecule has 3 aromatic rings. The summed E-state index contributed by atoms with van der Waals surface area (Å²) in [6, 6.07) is 5.11. The molecular weight excluding hydrogens is 785 g/mol. The van der Waals surface area contributed by atoms with Gasteiger partial charge in [-0.05, 0) is 82.3 Å². The molecule has 1 aromatic carbocycles. The Labute approximate surface area is 341 Å². The molecule has 2 aromatic heterocycles. The first kappa shape index (κ1) is 40.0. The largest absolute Gasteiger partial charge is 0.497 e. The normalized spacial score (nSPS) is 24.6. The summed E-state index contributed by atoms with van der Waals surface area (Å²) < 4.78 is 45.7. The number of methoxy groups -OCH3 is 1. The molecule has 17 heteroatoms. The molecule has 15 nitrogen and oxygen atoms in total. The Bertz CT molecular complexity index is 2230. The Hall–Kier alpha value is -4.77. The van der Waals surface area contributed by atoms with E-state index >= 15 is 0 Å². The van der Waals surface area contributed by atoms with Crippen LogP contribution in [0.5, 0.6) is 11.5 Å². The zero-order valence-corrected chi connectivity index (χ0v) is 34.6. The van der Waals surface area contributed by atoms with Gasteiger partial charge < -0.3 is 29.7 Å². The molecule has 3 heterocycles. The van der Waals surface area contributed by atoms with E-state index in [0.29, 0.717) is 40.9 Å². The van der Waals surface area contributed by atoms with Gasteiger partial charge in [-0.2, -0.15) is 0 Å². The van der Waals surface area contributed by atoms with E-state index in [2.05, 4.69) is 21.9 Å². The van der Waals surface area contributed by atoms with Crippen molar-refractivity contribution in [3.8, 4) is 22.2 Å². The van der Waals surface area contributed by atoms with Gasteiger partial charge >= 0.3 is 6.09 Å². The van der Waals surface area contributed by atoms with Crippen molar-refractivity contribution in [2.45, 2.75) is 120 Å². The number of nitrogens with zero attached hydrogens (tertiary/aromatic N) is 3. The van der Waals surface area contributed by atoms with E-state index in [4.69, 9.17) is 24.2 Å². The minimum absolute atomic E-state index is 0.0273. The average molecular weight is 835 g/mol. The van der Waals surface area contributed by atoms with Crippen LogP contribution in [0.3, 0.4) is 0 Å². The van der Waals surface area contributed by atoms with Crippen LogP contribution >= 0.6 is 11.3 Å². The van der Waals surface area contributed by atoms with Crippen LogP contribution in [0, 0.1) is 11.8 Å². The molecule has 5 aliphatic rings. The Balaban J connectivity index is 1.09. The molecule has 58 heavy (non-hydrogen) atoms. The molecule has 3 N–H and O–H groups in total.